The van der Waals surface area contributed by atoms with Crippen molar-refractivity contribution in [2.45, 2.75) is 45.0 Å². The minimum atomic E-state index is -0.749. The number of rotatable bonds is 3. The molecule has 1 saturated heterocycles. The van der Waals surface area contributed by atoms with Gasteiger partial charge in [0.05, 0.1) is 12.2 Å². The molecule has 72 valence electrons. The van der Waals surface area contributed by atoms with Crippen molar-refractivity contribution in [2.24, 2.45) is 0 Å². The first-order valence-corrected chi connectivity index (χ1v) is 4.53. The lowest BCUT2D eigenvalue weighted by molar-refractivity contribution is -0.186. The molecule has 1 atom stereocenters. The maximum Gasteiger partial charge on any atom is 0.157 e. The van der Waals surface area contributed by atoms with E-state index in [1.165, 1.54) is 0 Å². The Morgan fingerprint density at radius 3 is 2.75 bits per heavy atom. The van der Waals surface area contributed by atoms with Crippen molar-refractivity contribution in [3.63, 3.8) is 0 Å². The van der Waals surface area contributed by atoms with Gasteiger partial charge in [0, 0.05) is 6.61 Å². The van der Waals surface area contributed by atoms with Crippen LogP contribution in [-0.4, -0.2) is 30.2 Å². The highest BCUT2D eigenvalue weighted by Crippen LogP contribution is 2.15. The SMILES string of the molecule is CC(C)(O)COC1CCCCO1. The van der Waals surface area contributed by atoms with Crippen molar-refractivity contribution >= 4 is 0 Å². The monoisotopic (exact) mass is 174 g/mol. The predicted molar refractivity (Wildman–Crippen MR) is 45.8 cm³/mol. The Balaban J connectivity index is 2.13. The Hall–Kier alpha value is -0.120. The van der Waals surface area contributed by atoms with Crippen molar-refractivity contribution in [1.29, 1.82) is 0 Å². The van der Waals surface area contributed by atoms with Crippen LogP contribution in [0.5, 0.6) is 0 Å². The van der Waals surface area contributed by atoms with Gasteiger partial charge >= 0.3 is 0 Å². The summed E-state index contributed by atoms with van der Waals surface area (Å²) in [5.74, 6) is 0. The molecule has 1 rings (SSSR count). The summed E-state index contributed by atoms with van der Waals surface area (Å²) in [7, 11) is 0. The Labute approximate surface area is 73.7 Å². The van der Waals surface area contributed by atoms with E-state index in [2.05, 4.69) is 0 Å². The Kier molecular flexibility index (Phi) is 3.50. The molecule has 0 aliphatic carbocycles. The van der Waals surface area contributed by atoms with Crippen molar-refractivity contribution < 1.29 is 14.6 Å². The molecule has 1 N–H and O–H groups in total. The van der Waals surface area contributed by atoms with E-state index in [4.69, 9.17) is 9.47 Å². The van der Waals surface area contributed by atoms with E-state index in [1.54, 1.807) is 13.8 Å². The van der Waals surface area contributed by atoms with Crippen LogP contribution in [0.2, 0.25) is 0 Å². The molecule has 1 aliphatic heterocycles. The van der Waals surface area contributed by atoms with Gasteiger partial charge in [-0.15, -0.1) is 0 Å². The van der Waals surface area contributed by atoms with Crippen molar-refractivity contribution in [3.8, 4) is 0 Å². The van der Waals surface area contributed by atoms with Crippen LogP contribution in [0.15, 0.2) is 0 Å². The van der Waals surface area contributed by atoms with Crippen LogP contribution in [0, 0.1) is 0 Å². The second kappa shape index (κ2) is 4.21. The molecule has 0 radical (unpaired) electrons. The highest BCUT2D eigenvalue weighted by molar-refractivity contribution is 4.64. The van der Waals surface area contributed by atoms with E-state index in [0.29, 0.717) is 6.61 Å². The molecule has 3 nitrogen and oxygen atoms in total. The summed E-state index contributed by atoms with van der Waals surface area (Å²) < 4.78 is 10.7. The average Bonchev–Trinajstić information content (AvgIpc) is 2.02. The third-order valence-corrected chi connectivity index (χ3v) is 1.76. The molecule has 1 fully saturated rings. The molecule has 0 spiro atoms. The normalized spacial score (nSPS) is 25.8. The molecular weight excluding hydrogens is 156 g/mol. The van der Waals surface area contributed by atoms with Crippen LogP contribution in [-0.2, 0) is 9.47 Å². The molecule has 0 aromatic rings. The quantitative estimate of drug-likeness (QED) is 0.701. The van der Waals surface area contributed by atoms with E-state index in [1.807, 2.05) is 0 Å². The number of aliphatic hydroxyl groups is 1. The van der Waals surface area contributed by atoms with Crippen molar-refractivity contribution in [1.82, 2.24) is 0 Å². The molecule has 0 amide bonds. The van der Waals surface area contributed by atoms with Gasteiger partial charge in [-0.2, -0.15) is 0 Å². The molecule has 1 heterocycles. The fourth-order valence-corrected chi connectivity index (χ4v) is 1.14. The smallest absolute Gasteiger partial charge is 0.157 e. The van der Waals surface area contributed by atoms with Gasteiger partial charge in [0.2, 0.25) is 0 Å². The average molecular weight is 174 g/mol. The second-order valence-corrected chi connectivity index (χ2v) is 3.92. The molecule has 3 heteroatoms. The van der Waals surface area contributed by atoms with E-state index < -0.39 is 5.60 Å². The lowest BCUT2D eigenvalue weighted by Crippen LogP contribution is -2.32. The summed E-state index contributed by atoms with van der Waals surface area (Å²) in [6, 6.07) is 0. The van der Waals surface area contributed by atoms with Crippen LogP contribution in [0.4, 0.5) is 0 Å². The molecule has 0 saturated carbocycles. The third kappa shape index (κ3) is 4.04. The van der Waals surface area contributed by atoms with Crippen LogP contribution in [0.3, 0.4) is 0 Å². The van der Waals surface area contributed by atoms with Gasteiger partial charge < -0.3 is 14.6 Å². The lowest BCUT2D eigenvalue weighted by atomic mass is 10.1. The maximum atomic E-state index is 9.37. The van der Waals surface area contributed by atoms with Gasteiger partial charge in [0.15, 0.2) is 6.29 Å². The fourth-order valence-electron chi connectivity index (χ4n) is 1.14. The van der Waals surface area contributed by atoms with Gasteiger partial charge in [0.25, 0.3) is 0 Å². The zero-order chi connectivity index (χ0) is 9.03. The summed E-state index contributed by atoms with van der Waals surface area (Å²) in [5.41, 5.74) is -0.749. The lowest BCUT2D eigenvalue weighted by Gasteiger charge is -2.26. The molecule has 1 aliphatic rings. The van der Waals surface area contributed by atoms with Crippen LogP contribution in [0.1, 0.15) is 33.1 Å². The first-order chi connectivity index (χ1) is 5.58. The maximum absolute atomic E-state index is 9.37. The van der Waals surface area contributed by atoms with Gasteiger partial charge in [-0.3, -0.25) is 0 Å². The number of ether oxygens (including phenoxy) is 2. The summed E-state index contributed by atoms with van der Waals surface area (Å²) in [4.78, 5) is 0. The first kappa shape index (κ1) is 9.96. The number of hydrogen-bond donors (Lipinski definition) is 1. The minimum Gasteiger partial charge on any atom is -0.388 e. The van der Waals surface area contributed by atoms with Gasteiger partial charge in [0.1, 0.15) is 0 Å². The van der Waals surface area contributed by atoms with E-state index in [9.17, 15) is 5.11 Å². The molecule has 0 aromatic heterocycles. The molecule has 0 aromatic carbocycles. The first-order valence-electron chi connectivity index (χ1n) is 4.53. The summed E-state index contributed by atoms with van der Waals surface area (Å²) >= 11 is 0. The fraction of sp³-hybridized carbons (Fsp3) is 1.00. The molecule has 0 bridgehead atoms. The summed E-state index contributed by atoms with van der Waals surface area (Å²) in [6.45, 7) is 4.60. The molecular formula is C9H18O3. The van der Waals surface area contributed by atoms with E-state index >= 15 is 0 Å². The van der Waals surface area contributed by atoms with Gasteiger partial charge in [-0.25, -0.2) is 0 Å². The van der Waals surface area contributed by atoms with Crippen LogP contribution in [0.25, 0.3) is 0 Å². The Morgan fingerprint density at radius 2 is 2.25 bits per heavy atom. The highest BCUT2D eigenvalue weighted by Gasteiger charge is 2.19. The summed E-state index contributed by atoms with van der Waals surface area (Å²) in [6.07, 6.45) is 3.15. The van der Waals surface area contributed by atoms with Crippen molar-refractivity contribution in [3.05, 3.63) is 0 Å². The van der Waals surface area contributed by atoms with E-state index in [-0.39, 0.29) is 6.29 Å². The topological polar surface area (TPSA) is 38.7 Å². The standard InChI is InChI=1S/C9H18O3/c1-9(2,10)7-12-8-5-3-4-6-11-8/h8,10H,3-7H2,1-2H3. The Morgan fingerprint density at radius 1 is 1.50 bits per heavy atom. The van der Waals surface area contributed by atoms with Gasteiger partial charge in [-0.1, -0.05) is 0 Å². The van der Waals surface area contributed by atoms with Crippen LogP contribution >= 0.6 is 0 Å². The van der Waals surface area contributed by atoms with Gasteiger partial charge in [-0.05, 0) is 33.1 Å². The van der Waals surface area contributed by atoms with Crippen LogP contribution < -0.4 is 0 Å². The van der Waals surface area contributed by atoms with E-state index in [0.717, 1.165) is 25.9 Å². The largest absolute Gasteiger partial charge is 0.388 e. The number of hydrogen-bond acceptors (Lipinski definition) is 3. The molecule has 1 unspecified atom stereocenters. The summed E-state index contributed by atoms with van der Waals surface area (Å²) in [5, 5.41) is 9.37. The Bertz CT molecular complexity index is 122. The zero-order valence-electron chi connectivity index (χ0n) is 7.88. The van der Waals surface area contributed by atoms with Crippen molar-refractivity contribution in [2.75, 3.05) is 13.2 Å². The molecule has 12 heavy (non-hydrogen) atoms. The minimum absolute atomic E-state index is 0.0924. The second-order valence-electron chi connectivity index (χ2n) is 3.92. The predicted octanol–water partition coefficient (Wildman–Crippen LogP) is 1.30. The highest BCUT2D eigenvalue weighted by atomic mass is 16.7. The zero-order valence-corrected chi connectivity index (χ0v) is 7.88. The third-order valence-electron chi connectivity index (χ3n) is 1.76.